The van der Waals surface area contributed by atoms with Crippen molar-refractivity contribution in [3.05, 3.63) is 35.9 Å². The Bertz CT molecular complexity index is 576. The highest BCUT2D eigenvalue weighted by Gasteiger charge is 2.24. The lowest BCUT2D eigenvalue weighted by Crippen LogP contribution is -2.44. The van der Waals surface area contributed by atoms with Crippen molar-refractivity contribution in [3.63, 3.8) is 0 Å². The number of carboxylic acid groups (broad SMARTS) is 1. The minimum absolute atomic E-state index is 0.213. The van der Waals surface area contributed by atoms with Gasteiger partial charge in [0, 0.05) is 7.11 Å². The maximum absolute atomic E-state index is 11.9. The zero-order valence-corrected chi connectivity index (χ0v) is 18.9. The van der Waals surface area contributed by atoms with Crippen LogP contribution in [0.25, 0.3) is 0 Å². The molecule has 0 aliphatic rings. The Morgan fingerprint density at radius 3 is 1.83 bits per heavy atom. The van der Waals surface area contributed by atoms with Crippen LogP contribution in [0.4, 0.5) is 0 Å². The summed E-state index contributed by atoms with van der Waals surface area (Å²) in [6, 6.07) is 8.44. The summed E-state index contributed by atoms with van der Waals surface area (Å²) in [6.45, 7) is 11.0. The molecule has 0 amide bonds. The topological polar surface area (TPSA) is 99.5 Å². The SMILES string of the molecule is CCN(CC)[C@H](CO)C(=O)OCc1ccccc1.CCN(CC)[C@H](COC)C(=O)O. The average Bonchev–Trinajstić information content (AvgIpc) is 2.77. The van der Waals surface area contributed by atoms with Gasteiger partial charge in [-0.2, -0.15) is 0 Å². The van der Waals surface area contributed by atoms with Crippen molar-refractivity contribution < 1.29 is 29.3 Å². The lowest BCUT2D eigenvalue weighted by molar-refractivity contribution is -0.153. The minimum atomic E-state index is -0.819. The molecule has 8 heteroatoms. The molecule has 0 radical (unpaired) electrons. The van der Waals surface area contributed by atoms with E-state index in [-0.39, 0.29) is 25.8 Å². The molecule has 0 bridgehead atoms. The third kappa shape index (κ3) is 10.2. The number of carbonyl (C=O) groups excluding carboxylic acids is 1. The summed E-state index contributed by atoms with van der Waals surface area (Å²) in [7, 11) is 1.51. The number of ether oxygens (including phenoxy) is 2. The molecule has 0 aliphatic heterocycles. The molecule has 172 valence electrons. The zero-order valence-electron chi connectivity index (χ0n) is 18.9. The monoisotopic (exact) mass is 426 g/mol. The molecule has 0 aromatic heterocycles. The van der Waals surface area contributed by atoms with Crippen LogP contribution in [0.5, 0.6) is 0 Å². The largest absolute Gasteiger partial charge is 0.480 e. The standard InChI is InChI=1S/C14H21NO3.C8H17NO3/c1-3-15(4-2)13(10-16)14(17)18-11-12-8-6-5-7-9-12;1-4-9(5-2)7(6-12-3)8(10)11/h5-9,13,16H,3-4,10-11H2,1-2H3;7H,4-6H2,1-3H3,(H,10,11)/t13-;7-/m11/s1. The van der Waals surface area contributed by atoms with Crippen molar-refractivity contribution in [1.29, 1.82) is 0 Å². The molecule has 2 atom stereocenters. The van der Waals surface area contributed by atoms with Gasteiger partial charge in [-0.25, -0.2) is 0 Å². The molecule has 2 N–H and O–H groups in total. The summed E-state index contributed by atoms with van der Waals surface area (Å²) < 4.78 is 10.1. The van der Waals surface area contributed by atoms with Crippen molar-refractivity contribution in [2.45, 2.75) is 46.4 Å². The van der Waals surface area contributed by atoms with E-state index >= 15 is 0 Å². The molecular formula is C22H38N2O6. The van der Waals surface area contributed by atoms with E-state index in [1.54, 1.807) is 0 Å². The molecular weight excluding hydrogens is 388 g/mol. The van der Waals surface area contributed by atoms with Crippen LogP contribution in [0.1, 0.15) is 33.3 Å². The third-order valence-electron chi connectivity index (χ3n) is 4.78. The Morgan fingerprint density at radius 2 is 1.43 bits per heavy atom. The number of methoxy groups -OCH3 is 1. The molecule has 0 saturated heterocycles. The quantitative estimate of drug-likeness (QED) is 0.461. The van der Waals surface area contributed by atoms with E-state index in [4.69, 9.17) is 14.6 Å². The van der Waals surface area contributed by atoms with Gasteiger partial charge in [0.15, 0.2) is 0 Å². The van der Waals surface area contributed by atoms with E-state index in [0.717, 1.165) is 18.7 Å². The number of carboxylic acids is 1. The molecule has 1 aromatic rings. The lowest BCUT2D eigenvalue weighted by Gasteiger charge is -2.26. The molecule has 0 aliphatic carbocycles. The van der Waals surface area contributed by atoms with Crippen LogP contribution in [0, 0.1) is 0 Å². The van der Waals surface area contributed by atoms with Gasteiger partial charge in [0.1, 0.15) is 18.7 Å². The first-order valence-electron chi connectivity index (χ1n) is 10.4. The van der Waals surface area contributed by atoms with Crippen molar-refractivity contribution in [1.82, 2.24) is 9.80 Å². The summed E-state index contributed by atoms with van der Waals surface area (Å²) in [5.41, 5.74) is 0.946. The Balaban J connectivity index is 0.000000612. The molecule has 30 heavy (non-hydrogen) atoms. The molecule has 0 fully saturated rings. The third-order valence-corrected chi connectivity index (χ3v) is 4.78. The number of likely N-dealkylation sites (N-methyl/N-ethyl adjacent to an activating group) is 2. The molecule has 1 aromatic carbocycles. The van der Waals surface area contributed by atoms with Crippen LogP contribution in [0.2, 0.25) is 0 Å². The van der Waals surface area contributed by atoms with Gasteiger partial charge < -0.3 is 19.7 Å². The number of rotatable bonds is 13. The molecule has 0 heterocycles. The van der Waals surface area contributed by atoms with E-state index < -0.39 is 18.1 Å². The number of aliphatic hydroxyl groups is 1. The normalized spacial score (nSPS) is 12.8. The van der Waals surface area contributed by atoms with Crippen LogP contribution < -0.4 is 0 Å². The maximum Gasteiger partial charge on any atom is 0.326 e. The fraction of sp³-hybridized carbons (Fsp3) is 0.636. The highest BCUT2D eigenvalue weighted by Crippen LogP contribution is 2.06. The van der Waals surface area contributed by atoms with Gasteiger partial charge in [0.25, 0.3) is 0 Å². The summed E-state index contributed by atoms with van der Waals surface area (Å²) in [6.07, 6.45) is 0. The number of hydrogen-bond donors (Lipinski definition) is 2. The van der Waals surface area contributed by atoms with Gasteiger partial charge >= 0.3 is 11.9 Å². The summed E-state index contributed by atoms with van der Waals surface area (Å²) in [5.74, 6) is -1.19. The van der Waals surface area contributed by atoms with Crippen molar-refractivity contribution in [2.75, 3.05) is 46.5 Å². The number of esters is 1. The highest BCUT2D eigenvalue weighted by atomic mass is 16.5. The van der Waals surface area contributed by atoms with Gasteiger partial charge in [0.2, 0.25) is 0 Å². The fourth-order valence-electron chi connectivity index (χ4n) is 2.98. The van der Waals surface area contributed by atoms with Crippen molar-refractivity contribution in [3.8, 4) is 0 Å². The van der Waals surface area contributed by atoms with E-state index in [1.807, 2.05) is 67.8 Å². The first-order chi connectivity index (χ1) is 14.4. The first kappa shape index (κ1) is 28.0. The second-order valence-electron chi connectivity index (χ2n) is 6.54. The maximum atomic E-state index is 11.9. The Kier molecular flexibility index (Phi) is 15.6. The highest BCUT2D eigenvalue weighted by molar-refractivity contribution is 5.76. The Morgan fingerprint density at radius 1 is 0.933 bits per heavy atom. The molecule has 8 nitrogen and oxygen atoms in total. The number of aliphatic carboxylic acids is 1. The van der Waals surface area contributed by atoms with E-state index in [0.29, 0.717) is 13.1 Å². The number of aliphatic hydroxyl groups excluding tert-OH is 1. The first-order valence-corrected chi connectivity index (χ1v) is 10.4. The lowest BCUT2D eigenvalue weighted by atomic mass is 10.2. The second kappa shape index (κ2) is 16.8. The van der Waals surface area contributed by atoms with Gasteiger partial charge in [-0.15, -0.1) is 0 Å². The molecule has 1 rings (SSSR count). The summed E-state index contributed by atoms with van der Waals surface area (Å²) in [4.78, 5) is 26.3. The predicted molar refractivity (Wildman–Crippen MR) is 116 cm³/mol. The number of nitrogens with zero attached hydrogens (tertiary/aromatic N) is 2. The summed E-state index contributed by atoms with van der Waals surface area (Å²) in [5, 5.41) is 18.1. The van der Waals surface area contributed by atoms with E-state index in [9.17, 15) is 14.7 Å². The summed E-state index contributed by atoms with van der Waals surface area (Å²) >= 11 is 0. The number of carbonyl (C=O) groups is 2. The minimum Gasteiger partial charge on any atom is -0.480 e. The smallest absolute Gasteiger partial charge is 0.326 e. The van der Waals surface area contributed by atoms with Crippen LogP contribution in [0.3, 0.4) is 0 Å². The fourth-order valence-corrected chi connectivity index (χ4v) is 2.98. The van der Waals surface area contributed by atoms with Crippen molar-refractivity contribution >= 4 is 11.9 Å². The van der Waals surface area contributed by atoms with Crippen LogP contribution in [0.15, 0.2) is 30.3 Å². The van der Waals surface area contributed by atoms with Gasteiger partial charge in [-0.05, 0) is 31.7 Å². The second-order valence-corrected chi connectivity index (χ2v) is 6.54. The Labute approximate surface area is 180 Å². The van der Waals surface area contributed by atoms with Gasteiger partial charge in [0.05, 0.1) is 13.2 Å². The van der Waals surface area contributed by atoms with Crippen LogP contribution >= 0.6 is 0 Å². The van der Waals surface area contributed by atoms with Gasteiger partial charge in [-0.3, -0.25) is 19.4 Å². The van der Waals surface area contributed by atoms with Crippen molar-refractivity contribution in [2.24, 2.45) is 0 Å². The average molecular weight is 427 g/mol. The van der Waals surface area contributed by atoms with E-state index in [2.05, 4.69) is 0 Å². The van der Waals surface area contributed by atoms with Crippen LogP contribution in [-0.2, 0) is 25.7 Å². The van der Waals surface area contributed by atoms with E-state index in [1.165, 1.54) is 7.11 Å². The number of hydrogen-bond acceptors (Lipinski definition) is 7. The van der Waals surface area contributed by atoms with Crippen LogP contribution in [-0.4, -0.2) is 90.5 Å². The molecule has 0 spiro atoms. The Hall–Kier alpha value is -2.00. The predicted octanol–water partition coefficient (Wildman–Crippen LogP) is 1.86. The number of benzene rings is 1. The molecule has 0 unspecified atom stereocenters. The molecule has 0 saturated carbocycles. The van der Waals surface area contributed by atoms with Gasteiger partial charge in [-0.1, -0.05) is 58.0 Å². The zero-order chi connectivity index (χ0) is 22.9.